The van der Waals surface area contributed by atoms with Crippen molar-refractivity contribution in [3.63, 3.8) is 0 Å². The Morgan fingerprint density at radius 1 is 1.40 bits per heavy atom. The standard InChI is InChI=1S/C13H14N4O3/c1-20-8-7-17-12(18)5-4-11(16-17)13(19)15-10-3-2-6-14-9-10/h2-6,9H,7-8H2,1H3,(H,15,19). The number of aromatic nitrogens is 3. The zero-order chi connectivity index (χ0) is 14.4. The fraction of sp³-hybridized carbons (Fsp3) is 0.231. The third-order valence-electron chi connectivity index (χ3n) is 2.53. The monoisotopic (exact) mass is 274 g/mol. The van der Waals surface area contributed by atoms with Gasteiger partial charge in [-0.3, -0.25) is 14.6 Å². The molecule has 2 aromatic rings. The second kappa shape index (κ2) is 6.58. The number of nitrogens with one attached hydrogen (secondary N) is 1. The number of pyridine rings is 1. The van der Waals surface area contributed by atoms with Gasteiger partial charge in [0.1, 0.15) is 5.69 Å². The summed E-state index contributed by atoms with van der Waals surface area (Å²) < 4.78 is 6.08. The molecule has 1 N–H and O–H groups in total. The molecule has 0 unspecified atom stereocenters. The molecule has 104 valence electrons. The number of nitrogens with zero attached hydrogens (tertiary/aromatic N) is 3. The van der Waals surface area contributed by atoms with Crippen molar-refractivity contribution in [3.05, 3.63) is 52.7 Å². The molecule has 0 fully saturated rings. The van der Waals surface area contributed by atoms with Gasteiger partial charge in [0.05, 0.1) is 25.0 Å². The number of hydrogen-bond acceptors (Lipinski definition) is 5. The maximum Gasteiger partial charge on any atom is 0.276 e. The largest absolute Gasteiger partial charge is 0.383 e. The molecule has 0 aliphatic carbocycles. The number of hydrogen-bond donors (Lipinski definition) is 1. The first kappa shape index (κ1) is 13.9. The van der Waals surface area contributed by atoms with E-state index in [4.69, 9.17) is 4.74 Å². The van der Waals surface area contributed by atoms with E-state index in [1.165, 1.54) is 30.1 Å². The summed E-state index contributed by atoms with van der Waals surface area (Å²) in [6.45, 7) is 0.643. The number of ether oxygens (including phenoxy) is 1. The zero-order valence-electron chi connectivity index (χ0n) is 10.9. The molecule has 0 saturated heterocycles. The maximum absolute atomic E-state index is 12.0. The Labute approximate surface area is 115 Å². The molecule has 7 nitrogen and oxygen atoms in total. The molecule has 1 amide bonds. The van der Waals surface area contributed by atoms with Crippen LogP contribution >= 0.6 is 0 Å². The molecule has 20 heavy (non-hydrogen) atoms. The van der Waals surface area contributed by atoms with Gasteiger partial charge in [-0.15, -0.1) is 0 Å². The molecule has 2 heterocycles. The SMILES string of the molecule is COCCn1nc(C(=O)Nc2cccnc2)ccc1=O. The van der Waals surface area contributed by atoms with Gasteiger partial charge in [0.25, 0.3) is 11.5 Å². The van der Waals surface area contributed by atoms with Gasteiger partial charge < -0.3 is 10.1 Å². The highest BCUT2D eigenvalue weighted by Gasteiger charge is 2.09. The third-order valence-corrected chi connectivity index (χ3v) is 2.53. The Hall–Kier alpha value is -2.54. The van der Waals surface area contributed by atoms with E-state index < -0.39 is 5.91 Å². The molecule has 2 rings (SSSR count). The summed E-state index contributed by atoms with van der Waals surface area (Å²) in [6.07, 6.45) is 3.14. The van der Waals surface area contributed by atoms with E-state index >= 15 is 0 Å². The van der Waals surface area contributed by atoms with Gasteiger partial charge in [0.15, 0.2) is 0 Å². The van der Waals surface area contributed by atoms with Gasteiger partial charge in [-0.25, -0.2) is 4.68 Å². The molecule has 0 spiro atoms. The second-order valence-corrected chi connectivity index (χ2v) is 3.97. The molecular formula is C13H14N4O3. The van der Waals surface area contributed by atoms with Gasteiger partial charge >= 0.3 is 0 Å². The van der Waals surface area contributed by atoms with Crippen LogP contribution in [0.4, 0.5) is 5.69 Å². The smallest absolute Gasteiger partial charge is 0.276 e. The van der Waals surface area contributed by atoms with Crippen molar-refractivity contribution in [3.8, 4) is 0 Å². The van der Waals surface area contributed by atoms with Gasteiger partial charge in [0.2, 0.25) is 0 Å². The number of carbonyl (C=O) groups excluding carboxylic acids is 1. The minimum atomic E-state index is -0.399. The van der Waals surface area contributed by atoms with E-state index in [0.29, 0.717) is 18.8 Å². The van der Waals surface area contributed by atoms with E-state index in [2.05, 4.69) is 15.4 Å². The van der Waals surface area contributed by atoms with Gasteiger partial charge in [-0.05, 0) is 18.2 Å². The van der Waals surface area contributed by atoms with E-state index in [1.54, 1.807) is 18.3 Å². The summed E-state index contributed by atoms with van der Waals surface area (Å²) in [5, 5.41) is 6.65. The molecule has 0 radical (unpaired) electrons. The molecule has 0 atom stereocenters. The lowest BCUT2D eigenvalue weighted by molar-refractivity contribution is 0.101. The predicted molar refractivity (Wildman–Crippen MR) is 72.6 cm³/mol. The quantitative estimate of drug-likeness (QED) is 0.859. The van der Waals surface area contributed by atoms with Crippen LogP contribution in [0.1, 0.15) is 10.5 Å². The van der Waals surface area contributed by atoms with Crippen molar-refractivity contribution in [1.29, 1.82) is 0 Å². The van der Waals surface area contributed by atoms with Crippen LogP contribution in [0, 0.1) is 0 Å². The number of methoxy groups -OCH3 is 1. The molecule has 7 heteroatoms. The number of amides is 1. The van der Waals surface area contributed by atoms with Crippen LogP contribution in [0.3, 0.4) is 0 Å². The Morgan fingerprint density at radius 2 is 2.25 bits per heavy atom. The lowest BCUT2D eigenvalue weighted by Crippen LogP contribution is -2.27. The molecule has 0 saturated carbocycles. The van der Waals surface area contributed by atoms with E-state index in [1.807, 2.05) is 0 Å². The maximum atomic E-state index is 12.0. The first-order valence-electron chi connectivity index (χ1n) is 5.99. The van der Waals surface area contributed by atoms with Crippen molar-refractivity contribution in [1.82, 2.24) is 14.8 Å². The number of carbonyl (C=O) groups is 1. The molecule has 0 aromatic carbocycles. The predicted octanol–water partition coefficient (Wildman–Crippen LogP) is 0.537. The highest BCUT2D eigenvalue weighted by molar-refractivity contribution is 6.02. The summed E-state index contributed by atoms with van der Waals surface area (Å²) in [5.41, 5.74) is 0.443. The summed E-state index contributed by atoms with van der Waals surface area (Å²) in [4.78, 5) is 27.5. The van der Waals surface area contributed by atoms with E-state index in [9.17, 15) is 9.59 Å². The van der Waals surface area contributed by atoms with Crippen molar-refractivity contribution in [2.45, 2.75) is 6.54 Å². The summed E-state index contributed by atoms with van der Waals surface area (Å²) in [7, 11) is 1.53. The second-order valence-electron chi connectivity index (χ2n) is 3.97. The van der Waals surface area contributed by atoms with E-state index in [0.717, 1.165) is 0 Å². The lowest BCUT2D eigenvalue weighted by Gasteiger charge is -2.07. The average molecular weight is 274 g/mol. The van der Waals surface area contributed by atoms with Crippen LogP contribution in [0.5, 0.6) is 0 Å². The summed E-state index contributed by atoms with van der Waals surface area (Å²) in [6, 6.07) is 6.12. The van der Waals surface area contributed by atoms with Crippen LogP contribution in [0.2, 0.25) is 0 Å². The fourth-order valence-corrected chi connectivity index (χ4v) is 1.54. The zero-order valence-corrected chi connectivity index (χ0v) is 10.9. The molecule has 2 aromatic heterocycles. The highest BCUT2D eigenvalue weighted by atomic mass is 16.5. The molecule has 0 aliphatic heterocycles. The Bertz CT molecular complexity index is 640. The fourth-order valence-electron chi connectivity index (χ4n) is 1.54. The molecular weight excluding hydrogens is 260 g/mol. The van der Waals surface area contributed by atoms with Gasteiger partial charge in [0, 0.05) is 19.4 Å². The normalized spacial score (nSPS) is 10.2. The minimum Gasteiger partial charge on any atom is -0.383 e. The number of anilines is 1. The van der Waals surface area contributed by atoms with Gasteiger partial charge in [-0.1, -0.05) is 0 Å². The van der Waals surface area contributed by atoms with Crippen LogP contribution in [0.15, 0.2) is 41.5 Å². The summed E-state index contributed by atoms with van der Waals surface area (Å²) in [5.74, 6) is -0.399. The Morgan fingerprint density at radius 3 is 2.95 bits per heavy atom. The van der Waals surface area contributed by atoms with E-state index in [-0.39, 0.29) is 11.3 Å². The van der Waals surface area contributed by atoms with Crippen molar-refractivity contribution in [2.24, 2.45) is 0 Å². The topological polar surface area (TPSA) is 86.1 Å². The van der Waals surface area contributed by atoms with Crippen LogP contribution in [-0.2, 0) is 11.3 Å². The summed E-state index contributed by atoms with van der Waals surface area (Å²) >= 11 is 0. The van der Waals surface area contributed by atoms with Gasteiger partial charge in [-0.2, -0.15) is 5.10 Å². The Balaban J connectivity index is 2.16. The number of rotatable bonds is 5. The lowest BCUT2D eigenvalue weighted by atomic mass is 10.3. The van der Waals surface area contributed by atoms with Crippen LogP contribution in [0.25, 0.3) is 0 Å². The average Bonchev–Trinajstić information content (AvgIpc) is 2.47. The van der Waals surface area contributed by atoms with Crippen LogP contribution in [-0.4, -0.2) is 34.4 Å². The molecule has 0 aliphatic rings. The minimum absolute atomic E-state index is 0.157. The first-order valence-corrected chi connectivity index (χ1v) is 5.99. The van der Waals surface area contributed by atoms with Crippen molar-refractivity contribution in [2.75, 3.05) is 19.0 Å². The van der Waals surface area contributed by atoms with Crippen LogP contribution < -0.4 is 10.9 Å². The first-order chi connectivity index (χ1) is 9.70. The van der Waals surface area contributed by atoms with Crippen molar-refractivity contribution >= 4 is 11.6 Å². The highest BCUT2D eigenvalue weighted by Crippen LogP contribution is 2.04. The van der Waals surface area contributed by atoms with Crippen molar-refractivity contribution < 1.29 is 9.53 Å². The Kier molecular flexibility index (Phi) is 4.56. The third kappa shape index (κ3) is 3.48. The molecule has 0 bridgehead atoms.